The lowest BCUT2D eigenvalue weighted by Gasteiger charge is -2.21. The SMILES string of the molecule is CCCCCCCCCCCCCCCCC(=O)OC[C@H](COP(=O)(O)OC[C@@H](O)COP(=O)(O)OC[C@@H](COC(=O)CCCCCCCCCCCCC(C)C)OC(=O)CCCCCCCCCCCCC(C)C)OC(=O)CCCCCCCCCCCCCCCCC(C)CC. The van der Waals surface area contributed by atoms with E-state index in [1.807, 2.05) is 0 Å². The van der Waals surface area contributed by atoms with Crippen LogP contribution in [0.4, 0.5) is 0 Å². The van der Waals surface area contributed by atoms with E-state index in [2.05, 4.69) is 48.5 Å². The largest absolute Gasteiger partial charge is 0.472 e. The minimum atomic E-state index is -4.96. The van der Waals surface area contributed by atoms with Gasteiger partial charge >= 0.3 is 39.5 Å². The molecule has 0 aliphatic carbocycles. The Bertz CT molecular complexity index is 1910. The monoisotopic (exact) mass is 1440 g/mol. The van der Waals surface area contributed by atoms with Gasteiger partial charge in [0.25, 0.3) is 0 Å². The second kappa shape index (κ2) is 69.4. The molecule has 582 valence electrons. The summed E-state index contributed by atoms with van der Waals surface area (Å²) in [6.45, 7) is 12.0. The zero-order chi connectivity index (χ0) is 72.3. The third-order valence-electron chi connectivity index (χ3n) is 18.7. The molecule has 0 aromatic rings. The summed E-state index contributed by atoms with van der Waals surface area (Å²) in [6.07, 6.45) is 56.7. The van der Waals surface area contributed by atoms with Crippen LogP contribution in [-0.4, -0.2) is 96.7 Å². The van der Waals surface area contributed by atoms with Gasteiger partial charge in [0.2, 0.25) is 0 Å². The standard InChI is InChI=1S/C79H154O17P2/c1-8-10-11-12-13-14-15-16-20-23-32-39-46-53-60-76(81)89-66-74(95-78(83)62-55-48-41-34-24-21-18-17-19-22-31-38-45-52-59-72(7)9-2)68-93-97(85,86)91-64-73(80)65-92-98(87,88)94-69-75(96-79(84)63-56-49-42-35-28-26-30-37-44-51-58-71(5)6)67-90-77(82)61-54-47-40-33-27-25-29-36-43-50-57-70(3)4/h70-75,80H,8-69H2,1-7H3,(H,85,86)(H,87,88)/t72?,73-,74-,75-/m1/s1. The van der Waals surface area contributed by atoms with Crippen LogP contribution in [0.3, 0.4) is 0 Å². The van der Waals surface area contributed by atoms with E-state index in [0.717, 1.165) is 108 Å². The number of ether oxygens (including phenoxy) is 4. The summed E-state index contributed by atoms with van der Waals surface area (Å²) in [5, 5.41) is 10.6. The lowest BCUT2D eigenvalue weighted by atomic mass is 9.99. The molecular weight excluding hydrogens is 1280 g/mol. The second-order valence-electron chi connectivity index (χ2n) is 29.6. The van der Waals surface area contributed by atoms with Crippen LogP contribution >= 0.6 is 15.6 Å². The summed E-state index contributed by atoms with van der Waals surface area (Å²) < 4.78 is 68.7. The first-order valence-corrected chi connectivity index (χ1v) is 43.9. The van der Waals surface area contributed by atoms with Crippen LogP contribution in [0.1, 0.15) is 408 Å². The van der Waals surface area contributed by atoms with E-state index in [4.69, 9.17) is 37.0 Å². The van der Waals surface area contributed by atoms with Gasteiger partial charge in [-0.2, -0.15) is 0 Å². The number of rotatable bonds is 77. The number of phosphoric acid groups is 2. The van der Waals surface area contributed by atoms with Crippen molar-refractivity contribution in [1.29, 1.82) is 0 Å². The molecule has 3 N–H and O–H groups in total. The lowest BCUT2D eigenvalue weighted by molar-refractivity contribution is -0.161. The summed E-state index contributed by atoms with van der Waals surface area (Å²) >= 11 is 0. The van der Waals surface area contributed by atoms with Crippen LogP contribution in [0.2, 0.25) is 0 Å². The van der Waals surface area contributed by atoms with Gasteiger partial charge in [-0.15, -0.1) is 0 Å². The average molecular weight is 1440 g/mol. The Balaban J connectivity index is 5.27. The molecule has 0 rings (SSSR count). The Hall–Kier alpha value is -1.94. The third-order valence-corrected chi connectivity index (χ3v) is 20.6. The molecule has 0 fully saturated rings. The smallest absolute Gasteiger partial charge is 0.462 e. The summed E-state index contributed by atoms with van der Waals surface area (Å²) in [5.74, 6) is 0.244. The second-order valence-corrected chi connectivity index (χ2v) is 32.6. The molecule has 0 aliphatic rings. The van der Waals surface area contributed by atoms with Gasteiger partial charge in [0.1, 0.15) is 19.3 Å². The highest BCUT2D eigenvalue weighted by Crippen LogP contribution is 2.45. The van der Waals surface area contributed by atoms with Gasteiger partial charge in [0.15, 0.2) is 12.2 Å². The van der Waals surface area contributed by atoms with Crippen molar-refractivity contribution < 1.29 is 80.2 Å². The highest BCUT2D eigenvalue weighted by atomic mass is 31.2. The van der Waals surface area contributed by atoms with Crippen LogP contribution < -0.4 is 0 Å². The van der Waals surface area contributed by atoms with Crippen molar-refractivity contribution >= 4 is 39.5 Å². The van der Waals surface area contributed by atoms with Gasteiger partial charge in [-0.25, -0.2) is 9.13 Å². The molecule has 0 aromatic heterocycles. The molecule has 0 saturated carbocycles. The minimum Gasteiger partial charge on any atom is -0.462 e. The van der Waals surface area contributed by atoms with Crippen molar-refractivity contribution in [3.63, 3.8) is 0 Å². The Morgan fingerprint density at radius 2 is 0.520 bits per heavy atom. The topological polar surface area (TPSA) is 237 Å². The van der Waals surface area contributed by atoms with Gasteiger partial charge in [-0.1, -0.05) is 357 Å². The zero-order valence-corrected chi connectivity index (χ0v) is 66.0. The van der Waals surface area contributed by atoms with E-state index in [-0.39, 0.29) is 25.7 Å². The van der Waals surface area contributed by atoms with Crippen LogP contribution in [0.25, 0.3) is 0 Å². The number of phosphoric ester groups is 2. The molecule has 0 bridgehead atoms. The number of hydrogen-bond donors (Lipinski definition) is 3. The normalized spacial score (nSPS) is 14.3. The quantitative estimate of drug-likeness (QED) is 0.0222. The fourth-order valence-electron chi connectivity index (χ4n) is 12.1. The molecule has 0 radical (unpaired) electrons. The predicted molar refractivity (Wildman–Crippen MR) is 400 cm³/mol. The van der Waals surface area contributed by atoms with Gasteiger partial charge in [-0.05, 0) is 43.4 Å². The first-order valence-electron chi connectivity index (χ1n) is 40.9. The van der Waals surface area contributed by atoms with Crippen LogP contribution in [-0.2, 0) is 65.4 Å². The van der Waals surface area contributed by atoms with E-state index in [9.17, 15) is 43.2 Å². The summed E-state index contributed by atoms with van der Waals surface area (Å²) in [5.41, 5.74) is 0. The number of unbranched alkanes of at least 4 members (excludes halogenated alkanes) is 44. The van der Waals surface area contributed by atoms with E-state index in [1.54, 1.807) is 0 Å². The molecular formula is C79H154O17P2. The maximum atomic E-state index is 13.1. The highest BCUT2D eigenvalue weighted by molar-refractivity contribution is 7.47. The molecule has 0 aliphatic heterocycles. The molecule has 0 heterocycles. The summed E-state index contributed by atoms with van der Waals surface area (Å²) in [7, 11) is -9.92. The number of carbonyl (C=O) groups excluding carboxylic acids is 4. The lowest BCUT2D eigenvalue weighted by Crippen LogP contribution is -2.30. The first kappa shape index (κ1) is 96.1. The highest BCUT2D eigenvalue weighted by Gasteiger charge is 2.30. The maximum absolute atomic E-state index is 13.1. The molecule has 0 saturated heterocycles. The zero-order valence-electron chi connectivity index (χ0n) is 64.3. The van der Waals surface area contributed by atoms with Crippen molar-refractivity contribution in [2.75, 3.05) is 39.6 Å². The van der Waals surface area contributed by atoms with Crippen LogP contribution in [0.5, 0.6) is 0 Å². The maximum Gasteiger partial charge on any atom is 0.472 e. The number of carbonyl (C=O) groups is 4. The van der Waals surface area contributed by atoms with Crippen molar-refractivity contribution in [3.8, 4) is 0 Å². The molecule has 19 heteroatoms. The molecule has 98 heavy (non-hydrogen) atoms. The van der Waals surface area contributed by atoms with Gasteiger partial charge in [0.05, 0.1) is 26.4 Å². The number of hydrogen-bond acceptors (Lipinski definition) is 15. The average Bonchev–Trinajstić information content (AvgIpc) is 0.938. The van der Waals surface area contributed by atoms with Crippen molar-refractivity contribution in [1.82, 2.24) is 0 Å². The van der Waals surface area contributed by atoms with Gasteiger partial charge < -0.3 is 33.8 Å². The summed E-state index contributed by atoms with van der Waals surface area (Å²) in [4.78, 5) is 73.0. The number of esters is 4. The summed E-state index contributed by atoms with van der Waals surface area (Å²) in [6, 6.07) is 0. The molecule has 6 atom stereocenters. The van der Waals surface area contributed by atoms with Crippen molar-refractivity contribution in [2.24, 2.45) is 17.8 Å². The van der Waals surface area contributed by atoms with E-state index in [1.165, 1.54) is 218 Å². The Morgan fingerprint density at radius 1 is 0.296 bits per heavy atom. The Morgan fingerprint density at radius 3 is 0.776 bits per heavy atom. The molecule has 3 unspecified atom stereocenters. The minimum absolute atomic E-state index is 0.106. The predicted octanol–water partition coefficient (Wildman–Crippen LogP) is 23.4. The van der Waals surface area contributed by atoms with E-state index >= 15 is 0 Å². The fourth-order valence-corrected chi connectivity index (χ4v) is 13.7. The molecule has 0 aromatic carbocycles. The Kier molecular flexibility index (Phi) is 68.1. The molecule has 0 spiro atoms. The van der Waals surface area contributed by atoms with Crippen molar-refractivity contribution in [2.45, 2.75) is 426 Å². The third kappa shape index (κ3) is 71.1. The Labute approximate surface area is 600 Å². The van der Waals surface area contributed by atoms with Crippen molar-refractivity contribution in [3.05, 3.63) is 0 Å². The number of aliphatic hydroxyl groups excluding tert-OH is 1. The number of aliphatic hydroxyl groups is 1. The first-order chi connectivity index (χ1) is 47.3. The van der Waals surface area contributed by atoms with E-state index in [0.29, 0.717) is 25.7 Å². The molecule has 17 nitrogen and oxygen atoms in total. The van der Waals surface area contributed by atoms with Gasteiger partial charge in [0, 0.05) is 25.7 Å². The van der Waals surface area contributed by atoms with Crippen LogP contribution in [0, 0.1) is 17.8 Å². The van der Waals surface area contributed by atoms with Gasteiger partial charge in [-0.3, -0.25) is 37.3 Å². The molecule has 0 amide bonds. The van der Waals surface area contributed by atoms with E-state index < -0.39 is 97.5 Å². The van der Waals surface area contributed by atoms with Crippen LogP contribution in [0.15, 0.2) is 0 Å². The fraction of sp³-hybridized carbons (Fsp3) is 0.949.